The average Bonchev–Trinajstić information content (AvgIpc) is 3.54. The molecule has 3 heteroatoms. The van der Waals surface area contributed by atoms with E-state index in [9.17, 15) is 0 Å². The molecule has 0 saturated heterocycles. The molecule has 0 bridgehead atoms. The van der Waals surface area contributed by atoms with Crippen molar-refractivity contribution in [2.45, 2.75) is 19.3 Å². The van der Waals surface area contributed by atoms with E-state index in [0.29, 0.717) is 5.95 Å². The highest BCUT2D eigenvalue weighted by Gasteiger charge is 2.37. The third-order valence-corrected chi connectivity index (χ3v) is 10.2. The van der Waals surface area contributed by atoms with E-state index in [1.54, 1.807) is 0 Å². The van der Waals surface area contributed by atoms with Crippen LogP contribution in [0.2, 0.25) is 0 Å². The standard InChI is InChI=1S/C43H29N3/c1-43(2)35-23-22-27-13-4-6-16-29(27)40(35)34-24-33-30-17-8-10-21-38(30)46(39(33)25-36(34)43)42-44-37-20-9-7-18-32(37)41(45-42)31-19-11-14-26-12-3-5-15-28(26)31/h3-25H,1-2H3. The minimum absolute atomic E-state index is 0.150. The zero-order chi connectivity index (χ0) is 30.6. The molecule has 9 aromatic rings. The molecule has 7 aromatic carbocycles. The van der Waals surface area contributed by atoms with Gasteiger partial charge in [0.25, 0.3) is 0 Å². The van der Waals surface area contributed by atoms with Gasteiger partial charge in [-0.2, -0.15) is 0 Å². The van der Waals surface area contributed by atoms with Crippen molar-refractivity contribution in [2.75, 3.05) is 0 Å². The highest BCUT2D eigenvalue weighted by molar-refractivity contribution is 6.13. The summed E-state index contributed by atoms with van der Waals surface area (Å²) < 4.78 is 2.28. The Morgan fingerprint density at radius 2 is 1.15 bits per heavy atom. The molecule has 0 unspecified atom stereocenters. The number of aromatic nitrogens is 3. The second-order valence-electron chi connectivity index (χ2n) is 13.0. The van der Waals surface area contributed by atoms with E-state index in [0.717, 1.165) is 33.2 Å². The van der Waals surface area contributed by atoms with E-state index in [1.807, 2.05) is 0 Å². The van der Waals surface area contributed by atoms with Gasteiger partial charge in [-0.25, -0.2) is 9.97 Å². The molecular formula is C43H29N3. The molecule has 0 atom stereocenters. The summed E-state index contributed by atoms with van der Waals surface area (Å²) in [6.07, 6.45) is 0. The van der Waals surface area contributed by atoms with Gasteiger partial charge >= 0.3 is 0 Å². The molecule has 216 valence electrons. The van der Waals surface area contributed by atoms with Gasteiger partial charge in [0.05, 0.1) is 22.2 Å². The van der Waals surface area contributed by atoms with Gasteiger partial charge in [-0.15, -0.1) is 0 Å². The maximum Gasteiger partial charge on any atom is 0.235 e. The maximum absolute atomic E-state index is 5.43. The molecule has 1 aliphatic rings. The normalized spacial score (nSPS) is 13.6. The van der Waals surface area contributed by atoms with Gasteiger partial charge in [0.15, 0.2) is 0 Å². The molecule has 0 fully saturated rings. The topological polar surface area (TPSA) is 30.7 Å². The Hall–Kier alpha value is -5.80. The van der Waals surface area contributed by atoms with E-state index < -0.39 is 0 Å². The lowest BCUT2D eigenvalue weighted by molar-refractivity contribution is 0.661. The Morgan fingerprint density at radius 1 is 0.478 bits per heavy atom. The molecule has 3 nitrogen and oxygen atoms in total. The molecule has 0 spiro atoms. The smallest absolute Gasteiger partial charge is 0.235 e. The van der Waals surface area contributed by atoms with Crippen molar-refractivity contribution < 1.29 is 0 Å². The van der Waals surface area contributed by atoms with Crippen molar-refractivity contribution in [3.05, 3.63) is 151 Å². The fourth-order valence-corrected chi connectivity index (χ4v) is 7.98. The van der Waals surface area contributed by atoms with Crippen molar-refractivity contribution in [1.29, 1.82) is 0 Å². The summed E-state index contributed by atoms with van der Waals surface area (Å²) in [7, 11) is 0. The molecule has 2 heterocycles. The molecule has 10 rings (SSSR count). The van der Waals surface area contributed by atoms with E-state index in [1.165, 1.54) is 54.6 Å². The first-order chi connectivity index (χ1) is 22.6. The monoisotopic (exact) mass is 587 g/mol. The molecule has 0 aliphatic heterocycles. The second-order valence-corrected chi connectivity index (χ2v) is 13.0. The van der Waals surface area contributed by atoms with Crippen molar-refractivity contribution in [1.82, 2.24) is 14.5 Å². The number of hydrogen-bond donors (Lipinski definition) is 0. The van der Waals surface area contributed by atoms with Gasteiger partial charge < -0.3 is 0 Å². The summed E-state index contributed by atoms with van der Waals surface area (Å²) in [4.78, 5) is 10.7. The molecule has 1 aliphatic carbocycles. The van der Waals surface area contributed by atoms with E-state index in [2.05, 4.69) is 158 Å². The number of fused-ring (bicyclic) bond motifs is 10. The minimum Gasteiger partial charge on any atom is -0.278 e. The summed E-state index contributed by atoms with van der Waals surface area (Å²) in [5.74, 6) is 0.687. The maximum atomic E-state index is 5.43. The van der Waals surface area contributed by atoms with Crippen LogP contribution in [0.15, 0.2) is 140 Å². The van der Waals surface area contributed by atoms with Gasteiger partial charge in [0, 0.05) is 27.1 Å². The zero-order valence-corrected chi connectivity index (χ0v) is 25.6. The van der Waals surface area contributed by atoms with Gasteiger partial charge in [-0.3, -0.25) is 4.57 Å². The van der Waals surface area contributed by atoms with Gasteiger partial charge in [-0.05, 0) is 68.1 Å². The number of rotatable bonds is 2. The van der Waals surface area contributed by atoms with Gasteiger partial charge in [0.1, 0.15) is 0 Å². The Kier molecular flexibility index (Phi) is 5.06. The lowest BCUT2D eigenvalue weighted by Crippen LogP contribution is -2.15. The number of hydrogen-bond acceptors (Lipinski definition) is 2. The Labute approximate surface area is 266 Å². The van der Waals surface area contributed by atoms with Crippen molar-refractivity contribution >= 4 is 54.3 Å². The van der Waals surface area contributed by atoms with Crippen LogP contribution in [0.4, 0.5) is 0 Å². The molecule has 0 radical (unpaired) electrons. The molecule has 46 heavy (non-hydrogen) atoms. The molecule has 0 N–H and O–H groups in total. The predicted molar refractivity (Wildman–Crippen MR) is 192 cm³/mol. The highest BCUT2D eigenvalue weighted by Crippen LogP contribution is 2.53. The van der Waals surface area contributed by atoms with Crippen LogP contribution in [-0.4, -0.2) is 14.5 Å². The predicted octanol–water partition coefficient (Wildman–Crippen LogP) is 11.0. The second kappa shape index (κ2) is 9.12. The van der Waals surface area contributed by atoms with Crippen LogP contribution in [-0.2, 0) is 5.41 Å². The lowest BCUT2D eigenvalue weighted by atomic mass is 9.82. The molecule has 2 aromatic heterocycles. The largest absolute Gasteiger partial charge is 0.278 e. The van der Waals surface area contributed by atoms with Crippen molar-refractivity contribution in [3.8, 4) is 28.3 Å². The Balaban J connectivity index is 1.31. The van der Waals surface area contributed by atoms with Crippen LogP contribution < -0.4 is 0 Å². The van der Waals surface area contributed by atoms with Crippen molar-refractivity contribution in [3.63, 3.8) is 0 Å². The first-order valence-electron chi connectivity index (χ1n) is 15.9. The summed E-state index contributed by atoms with van der Waals surface area (Å²) in [5.41, 5.74) is 10.5. The third kappa shape index (κ3) is 3.37. The zero-order valence-electron chi connectivity index (χ0n) is 25.6. The van der Waals surface area contributed by atoms with Crippen LogP contribution >= 0.6 is 0 Å². The fraction of sp³-hybridized carbons (Fsp3) is 0.0698. The highest BCUT2D eigenvalue weighted by atomic mass is 15.2. The van der Waals surface area contributed by atoms with Gasteiger partial charge in [0.2, 0.25) is 5.95 Å². The van der Waals surface area contributed by atoms with Crippen LogP contribution in [0.1, 0.15) is 25.0 Å². The number of benzene rings is 7. The van der Waals surface area contributed by atoms with Crippen molar-refractivity contribution in [2.24, 2.45) is 0 Å². The molecular weight excluding hydrogens is 558 g/mol. The average molecular weight is 588 g/mol. The summed E-state index contributed by atoms with van der Waals surface area (Å²) in [6, 6.07) is 50.3. The van der Waals surface area contributed by atoms with Crippen LogP contribution in [0.3, 0.4) is 0 Å². The molecule has 0 amide bonds. The first-order valence-corrected chi connectivity index (χ1v) is 15.9. The lowest BCUT2D eigenvalue weighted by Gasteiger charge is -2.22. The quantitative estimate of drug-likeness (QED) is 0.201. The summed E-state index contributed by atoms with van der Waals surface area (Å²) >= 11 is 0. The van der Waals surface area contributed by atoms with Crippen LogP contribution in [0, 0.1) is 0 Å². The van der Waals surface area contributed by atoms with E-state index in [-0.39, 0.29) is 5.41 Å². The van der Waals surface area contributed by atoms with E-state index in [4.69, 9.17) is 9.97 Å². The Bertz CT molecular complexity index is 2720. The fourth-order valence-electron chi connectivity index (χ4n) is 7.98. The minimum atomic E-state index is -0.150. The summed E-state index contributed by atoms with van der Waals surface area (Å²) in [6.45, 7) is 4.72. The Morgan fingerprint density at radius 3 is 2.00 bits per heavy atom. The number of nitrogens with zero attached hydrogens (tertiary/aromatic N) is 3. The van der Waals surface area contributed by atoms with Crippen LogP contribution in [0.5, 0.6) is 0 Å². The first kappa shape index (κ1) is 25.5. The third-order valence-electron chi connectivity index (χ3n) is 10.2. The molecule has 0 saturated carbocycles. The SMILES string of the molecule is CC1(C)c2cc3c(cc2-c2c1ccc1ccccc21)c1ccccc1n3-c1nc(-c2cccc3ccccc23)c2ccccc2n1. The van der Waals surface area contributed by atoms with Crippen LogP contribution in [0.25, 0.3) is 82.6 Å². The van der Waals surface area contributed by atoms with Gasteiger partial charge in [-0.1, -0.05) is 129 Å². The van der Waals surface area contributed by atoms with E-state index >= 15 is 0 Å². The number of para-hydroxylation sites is 2. The summed E-state index contributed by atoms with van der Waals surface area (Å²) in [5, 5.41) is 8.44.